The molecule has 0 heterocycles. The molecule has 0 aromatic heterocycles. The molecule has 0 amide bonds. The van der Waals surface area contributed by atoms with Gasteiger partial charge in [0.05, 0.1) is 0 Å². The van der Waals surface area contributed by atoms with E-state index in [9.17, 15) is 5.11 Å². The Morgan fingerprint density at radius 2 is 1.84 bits per heavy atom. The minimum absolute atomic E-state index is 0.391. The zero-order valence-corrected chi connectivity index (χ0v) is 12.9. The summed E-state index contributed by atoms with van der Waals surface area (Å²) in [5.74, 6) is 2.20. The molecule has 0 aromatic rings. The molecule has 3 fully saturated rings. The largest absolute Gasteiger partial charge is 0.396 e. The van der Waals surface area contributed by atoms with E-state index >= 15 is 0 Å². The molecule has 2 nitrogen and oxygen atoms in total. The van der Waals surface area contributed by atoms with Crippen molar-refractivity contribution >= 4 is 0 Å². The van der Waals surface area contributed by atoms with E-state index in [1.54, 1.807) is 0 Å². The first-order valence-corrected chi connectivity index (χ1v) is 8.33. The fourth-order valence-electron chi connectivity index (χ4n) is 5.43. The quantitative estimate of drug-likeness (QED) is 0.818. The van der Waals surface area contributed by atoms with Crippen molar-refractivity contribution in [3.05, 3.63) is 0 Å². The van der Waals surface area contributed by atoms with E-state index in [-0.39, 0.29) is 0 Å². The Hall–Kier alpha value is -0.0800. The zero-order chi connectivity index (χ0) is 13.7. The molecule has 110 valence electrons. The van der Waals surface area contributed by atoms with Crippen LogP contribution in [-0.2, 0) is 0 Å². The minimum Gasteiger partial charge on any atom is -0.396 e. The molecular weight excluding hydrogens is 234 g/mol. The Balaban J connectivity index is 1.60. The van der Waals surface area contributed by atoms with Crippen LogP contribution in [0, 0.1) is 28.6 Å². The van der Waals surface area contributed by atoms with Crippen molar-refractivity contribution in [2.24, 2.45) is 28.6 Å². The third-order valence-corrected chi connectivity index (χ3v) is 7.47. The maximum atomic E-state index is 9.44. The lowest BCUT2D eigenvalue weighted by Gasteiger charge is -2.40. The van der Waals surface area contributed by atoms with Crippen molar-refractivity contribution < 1.29 is 5.11 Å². The molecule has 3 saturated carbocycles. The molecule has 0 spiro atoms. The van der Waals surface area contributed by atoms with Gasteiger partial charge in [0, 0.05) is 12.6 Å². The maximum Gasteiger partial charge on any atom is 0.0462 e. The van der Waals surface area contributed by atoms with Crippen LogP contribution in [0.1, 0.15) is 59.3 Å². The molecule has 2 bridgehead atoms. The van der Waals surface area contributed by atoms with Crippen LogP contribution in [0.5, 0.6) is 0 Å². The predicted octanol–water partition coefficient (Wildman–Crippen LogP) is 3.20. The van der Waals surface area contributed by atoms with Gasteiger partial charge in [-0.2, -0.15) is 0 Å². The summed E-state index contributed by atoms with van der Waals surface area (Å²) in [6, 6.07) is 0.709. The van der Waals surface area contributed by atoms with E-state index in [1.807, 2.05) is 0 Å². The number of hydrogen-bond acceptors (Lipinski definition) is 2. The first kappa shape index (κ1) is 13.9. The fraction of sp³-hybridized carbons (Fsp3) is 1.00. The van der Waals surface area contributed by atoms with Crippen LogP contribution in [0.25, 0.3) is 0 Å². The topological polar surface area (TPSA) is 32.3 Å². The second-order valence-corrected chi connectivity index (χ2v) is 8.20. The first-order chi connectivity index (χ1) is 8.99. The van der Waals surface area contributed by atoms with E-state index in [0.29, 0.717) is 29.4 Å². The average molecular weight is 265 g/mol. The molecule has 0 aliphatic heterocycles. The second kappa shape index (κ2) is 4.73. The van der Waals surface area contributed by atoms with Gasteiger partial charge in [-0.1, -0.05) is 27.2 Å². The van der Waals surface area contributed by atoms with Crippen molar-refractivity contribution in [1.29, 1.82) is 0 Å². The first-order valence-electron chi connectivity index (χ1n) is 8.33. The van der Waals surface area contributed by atoms with Gasteiger partial charge in [0.2, 0.25) is 0 Å². The number of fused-ring (bicyclic) bond motifs is 2. The van der Waals surface area contributed by atoms with Crippen LogP contribution in [-0.4, -0.2) is 24.3 Å². The summed E-state index contributed by atoms with van der Waals surface area (Å²) in [5, 5.41) is 13.3. The van der Waals surface area contributed by atoms with E-state index in [0.717, 1.165) is 18.4 Å². The fourth-order valence-corrected chi connectivity index (χ4v) is 5.43. The molecular formula is C17H31NO. The number of nitrogens with one attached hydrogen (secondary N) is 1. The standard InChI is InChI=1S/C17H31NO/c1-16(2)14-7-8-17(16,3)15(9-14)18-10-12-5-4-6-13(12)11-19/h12-15,18-19H,4-11H2,1-3H3. The summed E-state index contributed by atoms with van der Waals surface area (Å²) in [5.41, 5.74) is 1.00. The van der Waals surface area contributed by atoms with Gasteiger partial charge in [-0.15, -0.1) is 0 Å². The van der Waals surface area contributed by atoms with E-state index in [4.69, 9.17) is 0 Å². The highest BCUT2D eigenvalue weighted by atomic mass is 16.3. The molecule has 2 N–H and O–H groups in total. The third kappa shape index (κ3) is 1.98. The van der Waals surface area contributed by atoms with Crippen molar-refractivity contribution in [3.8, 4) is 0 Å². The van der Waals surface area contributed by atoms with Gasteiger partial charge in [-0.25, -0.2) is 0 Å². The van der Waals surface area contributed by atoms with Crippen molar-refractivity contribution in [1.82, 2.24) is 5.32 Å². The highest BCUT2D eigenvalue weighted by Gasteiger charge is 2.61. The second-order valence-electron chi connectivity index (χ2n) is 8.20. The molecule has 5 atom stereocenters. The summed E-state index contributed by atoms with van der Waals surface area (Å²) in [4.78, 5) is 0. The summed E-state index contributed by atoms with van der Waals surface area (Å²) in [7, 11) is 0. The van der Waals surface area contributed by atoms with E-state index in [1.165, 1.54) is 38.5 Å². The Bertz CT molecular complexity index is 340. The van der Waals surface area contributed by atoms with Crippen LogP contribution in [0.3, 0.4) is 0 Å². The Labute approximate surface area is 118 Å². The molecule has 0 aromatic carbocycles. The zero-order valence-electron chi connectivity index (χ0n) is 12.9. The summed E-state index contributed by atoms with van der Waals surface area (Å²) in [6.45, 7) is 9.00. The molecule has 3 rings (SSSR count). The van der Waals surface area contributed by atoms with Gasteiger partial charge in [0.25, 0.3) is 0 Å². The monoisotopic (exact) mass is 265 g/mol. The summed E-state index contributed by atoms with van der Waals surface area (Å²) < 4.78 is 0. The average Bonchev–Trinajstić information content (AvgIpc) is 2.97. The Kier molecular flexibility index (Phi) is 3.46. The molecule has 3 aliphatic rings. The smallest absolute Gasteiger partial charge is 0.0462 e. The molecule has 0 saturated heterocycles. The molecule has 19 heavy (non-hydrogen) atoms. The van der Waals surface area contributed by atoms with Gasteiger partial charge in [-0.3, -0.25) is 0 Å². The van der Waals surface area contributed by atoms with Gasteiger partial charge in [0.15, 0.2) is 0 Å². The van der Waals surface area contributed by atoms with Crippen LogP contribution < -0.4 is 5.32 Å². The minimum atomic E-state index is 0.391. The molecule has 3 aliphatic carbocycles. The van der Waals surface area contributed by atoms with Gasteiger partial charge in [0.1, 0.15) is 0 Å². The lowest BCUT2D eigenvalue weighted by atomic mass is 9.69. The van der Waals surface area contributed by atoms with Crippen LogP contribution in [0.4, 0.5) is 0 Å². The number of rotatable bonds is 4. The number of aliphatic hydroxyl groups is 1. The van der Waals surface area contributed by atoms with Crippen molar-refractivity contribution in [3.63, 3.8) is 0 Å². The van der Waals surface area contributed by atoms with Crippen LogP contribution >= 0.6 is 0 Å². The lowest BCUT2D eigenvalue weighted by molar-refractivity contribution is 0.114. The predicted molar refractivity (Wildman–Crippen MR) is 78.9 cm³/mol. The normalized spacial score (nSPS) is 48.0. The molecule has 2 heteroatoms. The van der Waals surface area contributed by atoms with Crippen molar-refractivity contribution in [2.75, 3.05) is 13.2 Å². The molecule has 0 radical (unpaired) electrons. The van der Waals surface area contributed by atoms with Crippen LogP contribution in [0.2, 0.25) is 0 Å². The van der Waals surface area contributed by atoms with E-state index in [2.05, 4.69) is 26.1 Å². The third-order valence-electron chi connectivity index (χ3n) is 7.47. The Morgan fingerprint density at radius 1 is 1.11 bits per heavy atom. The summed E-state index contributed by atoms with van der Waals surface area (Å²) >= 11 is 0. The highest BCUT2D eigenvalue weighted by molar-refractivity contribution is 5.13. The number of hydrogen-bond donors (Lipinski definition) is 2. The maximum absolute atomic E-state index is 9.44. The summed E-state index contributed by atoms with van der Waals surface area (Å²) in [6.07, 6.45) is 8.07. The van der Waals surface area contributed by atoms with Gasteiger partial charge >= 0.3 is 0 Å². The van der Waals surface area contributed by atoms with E-state index < -0.39 is 0 Å². The van der Waals surface area contributed by atoms with Crippen molar-refractivity contribution in [2.45, 2.75) is 65.3 Å². The molecule has 5 unspecified atom stereocenters. The highest BCUT2D eigenvalue weighted by Crippen LogP contribution is 2.65. The van der Waals surface area contributed by atoms with Crippen LogP contribution in [0.15, 0.2) is 0 Å². The number of aliphatic hydroxyl groups excluding tert-OH is 1. The lowest BCUT2D eigenvalue weighted by Crippen LogP contribution is -2.46. The SMILES string of the molecule is CC1(C)C2CCC1(C)C(NCC1CCCC1CO)C2. The Morgan fingerprint density at radius 3 is 2.42 bits per heavy atom. The van der Waals surface area contributed by atoms with Gasteiger partial charge in [-0.05, 0) is 67.2 Å². The van der Waals surface area contributed by atoms with Gasteiger partial charge < -0.3 is 10.4 Å².